The first-order valence-corrected chi connectivity index (χ1v) is 7.26. The molecule has 1 aromatic rings. The van der Waals surface area contributed by atoms with E-state index in [0.29, 0.717) is 0 Å². The van der Waals surface area contributed by atoms with Gasteiger partial charge in [0.2, 0.25) is 5.91 Å². The van der Waals surface area contributed by atoms with Gasteiger partial charge in [-0.1, -0.05) is 22.0 Å². The smallest absolute Gasteiger partial charge is 0.237 e. The Morgan fingerprint density at radius 1 is 1.40 bits per heavy atom. The Balaban J connectivity index is 2.02. The summed E-state index contributed by atoms with van der Waals surface area (Å²) in [5, 5.41) is 12.8. The average Bonchev–Trinajstić information content (AvgIpc) is 2.38. The number of nitrogens with one attached hydrogen (secondary N) is 1. The van der Waals surface area contributed by atoms with E-state index in [9.17, 15) is 18.7 Å². The van der Waals surface area contributed by atoms with Crippen molar-refractivity contribution < 1.29 is 18.7 Å². The van der Waals surface area contributed by atoms with E-state index in [1.54, 1.807) is 6.92 Å². The summed E-state index contributed by atoms with van der Waals surface area (Å²) in [6.45, 7) is 1.62. The highest BCUT2D eigenvalue weighted by molar-refractivity contribution is 9.10. The zero-order valence-electron chi connectivity index (χ0n) is 11.0. The molecule has 1 aliphatic rings. The fraction of sp³-hybridized carbons (Fsp3) is 0.500. The molecule has 110 valence electrons. The second-order valence-corrected chi connectivity index (χ2v) is 6.72. The summed E-state index contributed by atoms with van der Waals surface area (Å²) in [6, 6.07) is 2.61. The van der Waals surface area contributed by atoms with Gasteiger partial charge >= 0.3 is 0 Å². The van der Waals surface area contributed by atoms with Crippen molar-refractivity contribution in [3.05, 3.63) is 35.4 Å². The van der Waals surface area contributed by atoms with Crippen molar-refractivity contribution in [1.29, 1.82) is 0 Å². The molecule has 0 aliphatic heterocycles. The number of benzene rings is 1. The van der Waals surface area contributed by atoms with E-state index in [0.717, 1.165) is 31.4 Å². The number of hydrogen-bond donors (Lipinski definition) is 2. The molecule has 0 heterocycles. The fourth-order valence-corrected chi connectivity index (χ4v) is 2.79. The highest BCUT2D eigenvalue weighted by atomic mass is 79.9. The van der Waals surface area contributed by atoms with Gasteiger partial charge in [0, 0.05) is 0 Å². The molecule has 20 heavy (non-hydrogen) atoms. The number of aliphatic hydroxyl groups is 1. The van der Waals surface area contributed by atoms with Crippen LogP contribution < -0.4 is 5.32 Å². The Labute approximate surface area is 124 Å². The third-order valence-electron chi connectivity index (χ3n) is 3.67. The minimum atomic E-state index is -1.09. The number of carbonyl (C=O) groups excluding carboxylic acids is 1. The van der Waals surface area contributed by atoms with Crippen LogP contribution in [0.15, 0.2) is 18.2 Å². The highest BCUT2D eigenvalue weighted by Crippen LogP contribution is 2.40. The van der Waals surface area contributed by atoms with Gasteiger partial charge < -0.3 is 10.4 Å². The molecule has 6 heteroatoms. The molecular formula is C14H16BrF2NO2. The summed E-state index contributed by atoms with van der Waals surface area (Å²) in [5.41, 5.74) is 0.230. The second kappa shape index (κ2) is 5.77. The molecule has 1 aromatic carbocycles. The van der Waals surface area contributed by atoms with Crippen molar-refractivity contribution in [3.8, 4) is 0 Å². The molecule has 1 amide bonds. The summed E-state index contributed by atoms with van der Waals surface area (Å²) in [4.78, 5) is 12.0. The highest BCUT2D eigenvalue weighted by Gasteiger charge is 2.42. The van der Waals surface area contributed by atoms with Gasteiger partial charge in [-0.2, -0.15) is 0 Å². The molecule has 1 fully saturated rings. The van der Waals surface area contributed by atoms with Gasteiger partial charge in [0.1, 0.15) is 4.32 Å². The Morgan fingerprint density at radius 3 is 2.55 bits per heavy atom. The van der Waals surface area contributed by atoms with Crippen molar-refractivity contribution >= 4 is 21.8 Å². The zero-order valence-corrected chi connectivity index (χ0v) is 12.6. The number of aliphatic hydroxyl groups excluding tert-OH is 1. The lowest BCUT2D eigenvalue weighted by Crippen LogP contribution is -2.50. The standard InChI is InChI=1S/C14H16BrF2NO2/c1-8(18-13(20)14(15)5-2-6-14)12(19)9-3-4-10(16)11(17)7-9/h3-4,7-8,12,19H,2,5-6H2,1H3,(H,18,20). The molecule has 0 aromatic heterocycles. The van der Waals surface area contributed by atoms with E-state index >= 15 is 0 Å². The maximum Gasteiger partial charge on any atom is 0.237 e. The van der Waals surface area contributed by atoms with E-state index in [4.69, 9.17) is 0 Å². The van der Waals surface area contributed by atoms with Gasteiger partial charge in [-0.25, -0.2) is 8.78 Å². The van der Waals surface area contributed by atoms with Crippen molar-refractivity contribution in [2.75, 3.05) is 0 Å². The van der Waals surface area contributed by atoms with Crippen molar-refractivity contribution in [1.82, 2.24) is 5.32 Å². The Hall–Kier alpha value is -1.01. The van der Waals surface area contributed by atoms with E-state index in [2.05, 4.69) is 21.2 Å². The molecule has 3 nitrogen and oxygen atoms in total. The van der Waals surface area contributed by atoms with Crippen LogP contribution in [-0.2, 0) is 4.79 Å². The topological polar surface area (TPSA) is 49.3 Å². The summed E-state index contributed by atoms with van der Waals surface area (Å²) in [5.74, 6) is -2.17. The minimum absolute atomic E-state index is 0.183. The molecule has 1 saturated carbocycles. The maximum atomic E-state index is 13.1. The minimum Gasteiger partial charge on any atom is -0.386 e. The Kier molecular flexibility index (Phi) is 4.44. The van der Waals surface area contributed by atoms with Crippen LogP contribution in [0.1, 0.15) is 37.9 Å². The van der Waals surface area contributed by atoms with Crippen molar-refractivity contribution in [2.24, 2.45) is 0 Å². The van der Waals surface area contributed by atoms with Crippen LogP contribution in [-0.4, -0.2) is 21.4 Å². The van der Waals surface area contributed by atoms with Gasteiger partial charge in [-0.15, -0.1) is 0 Å². The first-order chi connectivity index (χ1) is 9.33. The summed E-state index contributed by atoms with van der Waals surface area (Å²) < 4.78 is 25.4. The molecule has 0 spiro atoms. The lowest BCUT2D eigenvalue weighted by molar-refractivity contribution is -0.126. The monoisotopic (exact) mass is 347 g/mol. The van der Waals surface area contributed by atoms with Crippen LogP contribution in [0.4, 0.5) is 8.78 Å². The number of rotatable bonds is 4. The number of alkyl halides is 1. The van der Waals surface area contributed by atoms with Gasteiger partial charge in [0.05, 0.1) is 12.1 Å². The zero-order chi connectivity index (χ0) is 14.9. The maximum absolute atomic E-state index is 13.1. The molecule has 2 unspecified atom stereocenters. The first kappa shape index (κ1) is 15.4. The number of carbonyl (C=O) groups is 1. The molecule has 2 N–H and O–H groups in total. The number of amides is 1. The first-order valence-electron chi connectivity index (χ1n) is 6.46. The van der Waals surface area contributed by atoms with Crippen LogP contribution in [0, 0.1) is 11.6 Å². The van der Waals surface area contributed by atoms with Crippen molar-refractivity contribution in [3.63, 3.8) is 0 Å². The van der Waals surface area contributed by atoms with E-state index in [-0.39, 0.29) is 11.5 Å². The number of hydrogen-bond acceptors (Lipinski definition) is 2. The van der Waals surface area contributed by atoms with Crippen LogP contribution in [0.2, 0.25) is 0 Å². The third kappa shape index (κ3) is 3.01. The summed E-state index contributed by atoms with van der Waals surface area (Å²) in [6.07, 6.45) is 1.41. The average molecular weight is 348 g/mol. The quantitative estimate of drug-likeness (QED) is 0.823. The molecule has 0 saturated heterocycles. The van der Waals surface area contributed by atoms with Crippen LogP contribution in [0.25, 0.3) is 0 Å². The van der Waals surface area contributed by atoms with Crippen molar-refractivity contribution in [2.45, 2.75) is 42.7 Å². The number of halogens is 3. The summed E-state index contributed by atoms with van der Waals surface area (Å²) >= 11 is 3.38. The van der Waals surface area contributed by atoms with Gasteiger partial charge in [0.15, 0.2) is 11.6 Å². The van der Waals surface area contributed by atoms with E-state index in [1.165, 1.54) is 6.07 Å². The van der Waals surface area contributed by atoms with Gasteiger partial charge in [-0.05, 0) is 43.9 Å². The fourth-order valence-electron chi connectivity index (χ4n) is 2.11. The second-order valence-electron chi connectivity index (χ2n) is 5.20. The van der Waals surface area contributed by atoms with Crippen LogP contribution in [0.5, 0.6) is 0 Å². The Morgan fingerprint density at radius 2 is 2.05 bits per heavy atom. The lowest BCUT2D eigenvalue weighted by Gasteiger charge is -2.36. The van der Waals surface area contributed by atoms with E-state index < -0.39 is 28.1 Å². The molecule has 0 bridgehead atoms. The summed E-state index contributed by atoms with van der Waals surface area (Å²) in [7, 11) is 0. The lowest BCUT2D eigenvalue weighted by atomic mass is 9.84. The third-order valence-corrected chi connectivity index (χ3v) is 4.82. The molecular weight excluding hydrogens is 332 g/mol. The molecule has 2 rings (SSSR count). The normalized spacial score (nSPS) is 19.9. The van der Waals surface area contributed by atoms with E-state index in [1.807, 2.05) is 0 Å². The van der Waals surface area contributed by atoms with Crippen LogP contribution in [0.3, 0.4) is 0 Å². The largest absolute Gasteiger partial charge is 0.386 e. The van der Waals surface area contributed by atoms with Gasteiger partial charge in [0.25, 0.3) is 0 Å². The van der Waals surface area contributed by atoms with Gasteiger partial charge in [-0.3, -0.25) is 4.79 Å². The predicted octanol–water partition coefficient (Wildman–Crippen LogP) is 2.82. The molecule has 0 radical (unpaired) electrons. The molecule has 1 aliphatic carbocycles. The predicted molar refractivity (Wildman–Crippen MR) is 74.4 cm³/mol. The molecule has 2 atom stereocenters. The van der Waals surface area contributed by atoms with Crippen LogP contribution >= 0.6 is 15.9 Å². The Bertz CT molecular complexity index is 520. The SMILES string of the molecule is CC(NC(=O)C1(Br)CCC1)C(O)c1ccc(F)c(F)c1.